The standard InChI is InChI=1S/C18H36N4O2/c1-4-19-18(21-14-17-6-5-9-24-17)20-13-16(12-15(2)3)22-7-10-23-11-8-22/h15-17H,4-14H2,1-3H3,(H2,19,20,21). The molecule has 2 aliphatic heterocycles. The number of morpholine rings is 1. The predicted molar refractivity (Wildman–Crippen MR) is 98.6 cm³/mol. The van der Waals surface area contributed by atoms with Crippen LogP contribution in [0.2, 0.25) is 0 Å². The van der Waals surface area contributed by atoms with Crippen LogP contribution in [-0.4, -0.2) is 75.5 Å². The van der Waals surface area contributed by atoms with E-state index in [4.69, 9.17) is 14.5 Å². The Morgan fingerprint density at radius 1 is 1.21 bits per heavy atom. The molecule has 0 spiro atoms. The van der Waals surface area contributed by atoms with Crippen LogP contribution in [0.4, 0.5) is 0 Å². The van der Waals surface area contributed by atoms with E-state index in [9.17, 15) is 0 Å². The molecule has 2 aliphatic rings. The molecule has 0 aliphatic carbocycles. The molecule has 2 unspecified atom stereocenters. The van der Waals surface area contributed by atoms with Crippen molar-refractivity contribution in [2.24, 2.45) is 10.9 Å². The van der Waals surface area contributed by atoms with Crippen molar-refractivity contribution in [2.45, 2.75) is 52.2 Å². The second-order valence-electron chi connectivity index (χ2n) is 7.17. The summed E-state index contributed by atoms with van der Waals surface area (Å²) in [6, 6.07) is 0.493. The zero-order chi connectivity index (χ0) is 17.2. The number of nitrogens with zero attached hydrogens (tertiary/aromatic N) is 2. The molecule has 0 aromatic heterocycles. The number of hydrogen-bond acceptors (Lipinski definition) is 4. The zero-order valence-corrected chi connectivity index (χ0v) is 15.7. The summed E-state index contributed by atoms with van der Waals surface area (Å²) in [7, 11) is 0. The molecule has 0 amide bonds. The van der Waals surface area contributed by atoms with Gasteiger partial charge in [0.05, 0.1) is 25.9 Å². The van der Waals surface area contributed by atoms with Crippen molar-refractivity contribution in [3.63, 3.8) is 0 Å². The van der Waals surface area contributed by atoms with Gasteiger partial charge >= 0.3 is 0 Å². The Morgan fingerprint density at radius 3 is 2.62 bits per heavy atom. The van der Waals surface area contributed by atoms with Crippen molar-refractivity contribution in [2.75, 3.05) is 52.5 Å². The molecule has 0 aromatic rings. The molecule has 0 bridgehead atoms. The lowest BCUT2D eigenvalue weighted by Crippen LogP contribution is -2.47. The first-order valence-corrected chi connectivity index (χ1v) is 9.64. The molecule has 2 heterocycles. The number of aliphatic imine (C=N–C) groups is 1. The second-order valence-corrected chi connectivity index (χ2v) is 7.17. The maximum Gasteiger partial charge on any atom is 0.191 e. The average Bonchev–Trinajstić information content (AvgIpc) is 3.10. The fourth-order valence-corrected chi connectivity index (χ4v) is 3.38. The molecule has 2 fully saturated rings. The molecule has 6 nitrogen and oxygen atoms in total. The molecule has 2 rings (SSSR count). The minimum atomic E-state index is 0.333. The van der Waals surface area contributed by atoms with Crippen LogP contribution in [-0.2, 0) is 9.47 Å². The van der Waals surface area contributed by atoms with Gasteiger partial charge in [0.1, 0.15) is 0 Å². The largest absolute Gasteiger partial charge is 0.379 e. The zero-order valence-electron chi connectivity index (χ0n) is 15.7. The first-order valence-electron chi connectivity index (χ1n) is 9.64. The quantitative estimate of drug-likeness (QED) is 0.518. The fraction of sp³-hybridized carbons (Fsp3) is 0.944. The maximum atomic E-state index is 5.69. The third-order valence-corrected chi connectivity index (χ3v) is 4.63. The van der Waals surface area contributed by atoms with Gasteiger partial charge < -0.3 is 20.1 Å². The van der Waals surface area contributed by atoms with E-state index in [-0.39, 0.29) is 0 Å². The summed E-state index contributed by atoms with van der Waals surface area (Å²) in [5.74, 6) is 1.59. The molecule has 0 aromatic carbocycles. The average molecular weight is 341 g/mol. The fourth-order valence-electron chi connectivity index (χ4n) is 3.38. The van der Waals surface area contributed by atoms with Crippen molar-refractivity contribution in [1.29, 1.82) is 0 Å². The highest BCUT2D eigenvalue weighted by Gasteiger charge is 2.22. The lowest BCUT2D eigenvalue weighted by Gasteiger charge is -2.34. The summed E-state index contributed by atoms with van der Waals surface area (Å²) in [5.41, 5.74) is 0. The van der Waals surface area contributed by atoms with Gasteiger partial charge in [-0.3, -0.25) is 9.89 Å². The van der Waals surface area contributed by atoms with E-state index < -0.39 is 0 Å². The molecule has 0 radical (unpaired) electrons. The number of rotatable bonds is 8. The van der Waals surface area contributed by atoms with Crippen LogP contribution < -0.4 is 10.6 Å². The number of nitrogens with one attached hydrogen (secondary N) is 2. The van der Waals surface area contributed by atoms with E-state index in [0.29, 0.717) is 18.1 Å². The van der Waals surface area contributed by atoms with Crippen molar-refractivity contribution in [3.8, 4) is 0 Å². The van der Waals surface area contributed by atoms with Gasteiger partial charge in [0.25, 0.3) is 0 Å². The first-order chi connectivity index (χ1) is 11.7. The summed E-state index contributed by atoms with van der Waals surface area (Å²) in [6.45, 7) is 13.9. The van der Waals surface area contributed by atoms with Crippen molar-refractivity contribution in [3.05, 3.63) is 0 Å². The molecule has 6 heteroatoms. The summed E-state index contributed by atoms with van der Waals surface area (Å²) in [5, 5.41) is 6.80. The Morgan fingerprint density at radius 2 is 2.00 bits per heavy atom. The highest BCUT2D eigenvalue weighted by Crippen LogP contribution is 2.14. The summed E-state index contributed by atoms with van der Waals surface area (Å²) >= 11 is 0. The summed E-state index contributed by atoms with van der Waals surface area (Å²) in [6.07, 6.45) is 3.83. The van der Waals surface area contributed by atoms with Crippen molar-refractivity contribution in [1.82, 2.24) is 15.5 Å². The number of guanidine groups is 1. The highest BCUT2D eigenvalue weighted by molar-refractivity contribution is 5.79. The van der Waals surface area contributed by atoms with Crippen LogP contribution in [0.1, 0.15) is 40.0 Å². The number of ether oxygens (including phenoxy) is 2. The van der Waals surface area contributed by atoms with E-state index in [2.05, 4.69) is 36.3 Å². The Labute approximate surface area is 147 Å². The van der Waals surface area contributed by atoms with Crippen LogP contribution >= 0.6 is 0 Å². The minimum absolute atomic E-state index is 0.333. The maximum absolute atomic E-state index is 5.69. The monoisotopic (exact) mass is 340 g/mol. The Kier molecular flexibility index (Phi) is 8.84. The molecule has 0 saturated carbocycles. The van der Waals surface area contributed by atoms with E-state index in [1.807, 2.05) is 0 Å². The van der Waals surface area contributed by atoms with Gasteiger partial charge in [-0.15, -0.1) is 0 Å². The van der Waals surface area contributed by atoms with Gasteiger partial charge in [-0.2, -0.15) is 0 Å². The highest BCUT2D eigenvalue weighted by atomic mass is 16.5. The van der Waals surface area contributed by atoms with E-state index in [1.54, 1.807) is 0 Å². The van der Waals surface area contributed by atoms with Crippen molar-refractivity contribution >= 4 is 5.96 Å². The second kappa shape index (κ2) is 10.9. The molecule has 2 saturated heterocycles. The van der Waals surface area contributed by atoms with Crippen LogP contribution in [0.25, 0.3) is 0 Å². The van der Waals surface area contributed by atoms with Crippen molar-refractivity contribution < 1.29 is 9.47 Å². The molecule has 2 atom stereocenters. The van der Waals surface area contributed by atoms with Gasteiger partial charge in [0, 0.05) is 38.8 Å². The molecule has 140 valence electrons. The molecule has 24 heavy (non-hydrogen) atoms. The Bertz CT molecular complexity index is 364. The van der Waals surface area contributed by atoms with Crippen LogP contribution in [0.15, 0.2) is 4.99 Å². The molecular weight excluding hydrogens is 304 g/mol. The van der Waals surface area contributed by atoms with Gasteiger partial charge in [0.15, 0.2) is 5.96 Å². The van der Waals surface area contributed by atoms with Crippen LogP contribution in [0.5, 0.6) is 0 Å². The lowest BCUT2D eigenvalue weighted by molar-refractivity contribution is 0.0143. The summed E-state index contributed by atoms with van der Waals surface area (Å²) < 4.78 is 11.2. The smallest absolute Gasteiger partial charge is 0.191 e. The van der Waals surface area contributed by atoms with E-state index in [0.717, 1.165) is 64.9 Å². The van der Waals surface area contributed by atoms with E-state index >= 15 is 0 Å². The normalized spacial score (nSPS) is 24.3. The van der Waals surface area contributed by atoms with Crippen LogP contribution in [0.3, 0.4) is 0 Å². The Hall–Kier alpha value is -0.850. The van der Waals surface area contributed by atoms with Crippen LogP contribution in [0, 0.1) is 5.92 Å². The van der Waals surface area contributed by atoms with Gasteiger partial charge in [-0.05, 0) is 32.1 Å². The molecule has 2 N–H and O–H groups in total. The number of hydrogen-bond donors (Lipinski definition) is 2. The van der Waals surface area contributed by atoms with Gasteiger partial charge in [-0.1, -0.05) is 13.8 Å². The molecular formula is C18H36N4O2. The van der Waals surface area contributed by atoms with Gasteiger partial charge in [-0.25, -0.2) is 0 Å². The first kappa shape index (κ1) is 19.5. The third-order valence-electron chi connectivity index (χ3n) is 4.63. The van der Waals surface area contributed by atoms with Gasteiger partial charge in [0.2, 0.25) is 0 Å². The topological polar surface area (TPSA) is 58.1 Å². The lowest BCUT2D eigenvalue weighted by atomic mass is 10.0. The third kappa shape index (κ3) is 6.95. The Balaban J connectivity index is 1.88. The minimum Gasteiger partial charge on any atom is -0.379 e. The SMILES string of the molecule is CCNC(=NCC(CC(C)C)N1CCOCC1)NCC1CCCO1. The summed E-state index contributed by atoms with van der Waals surface area (Å²) in [4.78, 5) is 7.40. The van der Waals surface area contributed by atoms with E-state index in [1.165, 1.54) is 12.8 Å². The predicted octanol–water partition coefficient (Wildman–Crippen LogP) is 1.47.